The third-order valence-electron chi connectivity index (χ3n) is 1.10. The molecule has 1 unspecified atom stereocenters. The Morgan fingerprint density at radius 3 is 2.78 bits per heavy atom. The number of hydrogen-bond donors (Lipinski definition) is 1. The zero-order valence-corrected chi connectivity index (χ0v) is 6.25. The zero-order chi connectivity index (χ0) is 6.85. The molecule has 3 heteroatoms. The minimum Gasteiger partial charge on any atom is -0.320 e. The topological polar surface area (TPSA) is 26.0 Å². The van der Waals surface area contributed by atoms with Crippen LogP contribution in [0.1, 0.15) is 0 Å². The van der Waals surface area contributed by atoms with Gasteiger partial charge in [0.2, 0.25) is 0 Å². The highest BCUT2D eigenvalue weighted by molar-refractivity contribution is 7.81. The molecule has 1 rings (SSSR count). The molecule has 1 nitrogen and oxygen atoms in total. The maximum atomic E-state index is 5.65. The van der Waals surface area contributed by atoms with E-state index in [1.807, 2.05) is 12.2 Å². The highest BCUT2D eigenvalue weighted by atomic mass is 35.5. The average Bonchev–Trinajstić information content (AvgIpc) is 1.83. The van der Waals surface area contributed by atoms with E-state index in [0.29, 0.717) is 9.90 Å². The lowest BCUT2D eigenvalue weighted by atomic mass is 10.1. The molecule has 0 aliphatic heterocycles. The molecule has 0 fully saturated rings. The predicted octanol–water partition coefficient (Wildman–Crippen LogP) is 1.38. The number of halogens is 1. The van der Waals surface area contributed by atoms with Crippen LogP contribution in [0.5, 0.6) is 0 Å². The quantitative estimate of drug-likeness (QED) is 0.541. The SMILES string of the molecule is NC1C=CC=C(Cl)C1=S. The fraction of sp³-hybridized carbons (Fsp3) is 0.167. The van der Waals surface area contributed by atoms with Gasteiger partial charge in [0.1, 0.15) is 0 Å². The summed E-state index contributed by atoms with van der Waals surface area (Å²) >= 11 is 10.5. The van der Waals surface area contributed by atoms with Crippen LogP contribution in [0.4, 0.5) is 0 Å². The van der Waals surface area contributed by atoms with Gasteiger partial charge in [-0.2, -0.15) is 0 Å². The molecule has 1 atom stereocenters. The molecular weight excluding hydrogens is 154 g/mol. The number of thiocarbonyl (C=S) groups is 1. The maximum absolute atomic E-state index is 5.65. The molecule has 2 N–H and O–H groups in total. The van der Waals surface area contributed by atoms with Gasteiger partial charge in [-0.05, 0) is 6.08 Å². The van der Waals surface area contributed by atoms with Gasteiger partial charge in [-0.25, -0.2) is 0 Å². The lowest BCUT2D eigenvalue weighted by Crippen LogP contribution is -2.28. The minimum absolute atomic E-state index is 0.169. The molecule has 0 aromatic rings. The predicted molar refractivity (Wildman–Crippen MR) is 43.6 cm³/mol. The molecule has 1 aliphatic rings. The van der Waals surface area contributed by atoms with Crippen molar-refractivity contribution in [2.24, 2.45) is 5.73 Å². The lowest BCUT2D eigenvalue weighted by molar-refractivity contribution is 1.10. The maximum Gasteiger partial charge on any atom is 0.0602 e. The van der Waals surface area contributed by atoms with Gasteiger partial charge in [-0.3, -0.25) is 0 Å². The Balaban J connectivity index is 2.86. The van der Waals surface area contributed by atoms with Crippen LogP contribution in [-0.2, 0) is 0 Å². The molecule has 1 aliphatic carbocycles. The molecule has 0 amide bonds. The molecule has 0 saturated carbocycles. The molecule has 0 aromatic heterocycles. The summed E-state index contributed by atoms with van der Waals surface area (Å²) in [5, 5.41) is 0.583. The van der Waals surface area contributed by atoms with E-state index in [1.165, 1.54) is 0 Å². The summed E-state index contributed by atoms with van der Waals surface area (Å²) in [5.74, 6) is 0. The fourth-order valence-electron chi connectivity index (χ4n) is 0.588. The number of rotatable bonds is 0. The van der Waals surface area contributed by atoms with E-state index in [2.05, 4.69) is 0 Å². The van der Waals surface area contributed by atoms with Crippen molar-refractivity contribution in [1.29, 1.82) is 0 Å². The van der Waals surface area contributed by atoms with Gasteiger partial charge in [0.15, 0.2) is 0 Å². The van der Waals surface area contributed by atoms with Gasteiger partial charge in [-0.15, -0.1) is 0 Å². The highest BCUT2D eigenvalue weighted by Crippen LogP contribution is 2.12. The molecule has 0 radical (unpaired) electrons. The summed E-state index contributed by atoms with van der Waals surface area (Å²) in [5.41, 5.74) is 5.52. The first kappa shape index (κ1) is 6.93. The van der Waals surface area contributed by atoms with Crippen molar-refractivity contribution in [1.82, 2.24) is 0 Å². The first-order chi connectivity index (χ1) is 4.22. The van der Waals surface area contributed by atoms with Crippen molar-refractivity contribution in [2.45, 2.75) is 6.04 Å². The summed E-state index contributed by atoms with van der Waals surface area (Å²) in [4.78, 5) is 0.624. The Morgan fingerprint density at radius 2 is 2.33 bits per heavy atom. The lowest BCUT2D eigenvalue weighted by Gasteiger charge is -2.09. The van der Waals surface area contributed by atoms with Crippen LogP contribution >= 0.6 is 23.8 Å². The molecule has 0 bridgehead atoms. The molecule has 0 saturated heterocycles. The smallest absolute Gasteiger partial charge is 0.0602 e. The number of nitrogens with two attached hydrogens (primary N) is 1. The van der Waals surface area contributed by atoms with Gasteiger partial charge in [0, 0.05) is 0 Å². The summed E-state index contributed by atoms with van der Waals surface area (Å²) in [7, 11) is 0. The Morgan fingerprint density at radius 1 is 1.67 bits per heavy atom. The molecule has 48 valence electrons. The third-order valence-corrected chi connectivity index (χ3v) is 2.03. The van der Waals surface area contributed by atoms with Crippen molar-refractivity contribution < 1.29 is 0 Å². The fourth-order valence-corrected chi connectivity index (χ4v) is 0.934. The monoisotopic (exact) mass is 159 g/mol. The number of hydrogen-bond acceptors (Lipinski definition) is 2. The van der Waals surface area contributed by atoms with Crippen molar-refractivity contribution >= 4 is 28.7 Å². The largest absolute Gasteiger partial charge is 0.320 e. The molecule has 0 aromatic carbocycles. The van der Waals surface area contributed by atoms with Crippen molar-refractivity contribution in [2.75, 3.05) is 0 Å². The van der Waals surface area contributed by atoms with E-state index in [4.69, 9.17) is 29.6 Å². The summed E-state index contributed by atoms with van der Waals surface area (Å²) in [6.07, 6.45) is 5.37. The first-order valence-electron chi connectivity index (χ1n) is 2.55. The van der Waals surface area contributed by atoms with E-state index in [9.17, 15) is 0 Å². The van der Waals surface area contributed by atoms with Gasteiger partial charge < -0.3 is 5.73 Å². The summed E-state index contributed by atoms with van der Waals surface area (Å²) in [6.45, 7) is 0. The second kappa shape index (κ2) is 2.60. The van der Waals surface area contributed by atoms with Gasteiger partial charge in [0.25, 0.3) is 0 Å². The van der Waals surface area contributed by atoms with Gasteiger partial charge in [-0.1, -0.05) is 36.0 Å². The molecule has 9 heavy (non-hydrogen) atoms. The van der Waals surface area contributed by atoms with Crippen LogP contribution < -0.4 is 5.73 Å². The highest BCUT2D eigenvalue weighted by Gasteiger charge is 2.10. The Labute approximate surface area is 64.2 Å². The second-order valence-electron chi connectivity index (χ2n) is 1.79. The third kappa shape index (κ3) is 1.39. The minimum atomic E-state index is -0.169. The number of allylic oxidation sites excluding steroid dienone is 2. The Hall–Kier alpha value is -0.180. The van der Waals surface area contributed by atoms with Crippen LogP contribution in [0.15, 0.2) is 23.3 Å². The van der Waals surface area contributed by atoms with Crippen LogP contribution in [-0.4, -0.2) is 10.9 Å². The van der Waals surface area contributed by atoms with Crippen LogP contribution in [0, 0.1) is 0 Å². The Bertz CT molecular complexity index is 195. The molecule has 0 heterocycles. The first-order valence-corrected chi connectivity index (χ1v) is 3.34. The van der Waals surface area contributed by atoms with Crippen molar-refractivity contribution in [3.8, 4) is 0 Å². The van der Waals surface area contributed by atoms with E-state index >= 15 is 0 Å². The Kier molecular flexibility index (Phi) is 2.01. The standard InChI is InChI=1S/C6H6ClNS/c7-4-2-1-3-5(8)6(4)9/h1-3,5H,8H2. The van der Waals surface area contributed by atoms with E-state index < -0.39 is 0 Å². The van der Waals surface area contributed by atoms with Crippen molar-refractivity contribution in [3.63, 3.8) is 0 Å². The second-order valence-corrected chi connectivity index (χ2v) is 2.64. The summed E-state index contributed by atoms with van der Waals surface area (Å²) in [6, 6.07) is -0.169. The normalized spacial score (nSPS) is 26.2. The zero-order valence-electron chi connectivity index (χ0n) is 4.67. The van der Waals surface area contributed by atoms with Crippen LogP contribution in [0.2, 0.25) is 0 Å². The van der Waals surface area contributed by atoms with Crippen LogP contribution in [0.25, 0.3) is 0 Å². The van der Waals surface area contributed by atoms with E-state index in [0.717, 1.165) is 0 Å². The van der Waals surface area contributed by atoms with Crippen LogP contribution in [0.3, 0.4) is 0 Å². The van der Waals surface area contributed by atoms with Crippen molar-refractivity contribution in [3.05, 3.63) is 23.3 Å². The van der Waals surface area contributed by atoms with E-state index in [-0.39, 0.29) is 6.04 Å². The molecule has 0 spiro atoms. The summed E-state index contributed by atoms with van der Waals surface area (Å²) < 4.78 is 0. The van der Waals surface area contributed by atoms with E-state index in [1.54, 1.807) is 6.08 Å². The average molecular weight is 160 g/mol. The molecular formula is C6H6ClNS. The van der Waals surface area contributed by atoms with Gasteiger partial charge >= 0.3 is 0 Å². The van der Waals surface area contributed by atoms with Gasteiger partial charge in [0.05, 0.1) is 15.9 Å².